The first kappa shape index (κ1) is 16.1. The van der Waals surface area contributed by atoms with Crippen LogP contribution in [-0.4, -0.2) is 27.0 Å². The lowest BCUT2D eigenvalue weighted by Gasteiger charge is -2.15. The smallest absolute Gasteiger partial charge is 0.262 e. The zero-order valence-corrected chi connectivity index (χ0v) is 14.3. The highest BCUT2D eigenvalue weighted by Gasteiger charge is 2.33. The van der Waals surface area contributed by atoms with Crippen LogP contribution >= 0.6 is 0 Å². The molecule has 0 saturated heterocycles. The number of rotatable bonds is 4. The molecular weight excluding hydrogens is 328 g/mol. The monoisotopic (exact) mass is 346 g/mol. The predicted octanol–water partition coefficient (Wildman–Crippen LogP) is 3.06. The number of nitrogens with zero attached hydrogens (tertiary/aromatic N) is 4. The Balaban J connectivity index is 1.63. The Morgan fingerprint density at radius 2 is 1.88 bits per heavy atom. The highest BCUT2D eigenvalue weighted by Crippen LogP contribution is 2.28. The standard InChI is InChI=1S/C20H18N4O2/c1-14-10-19(23(22-14)13-15-6-5-9-17(25)11-15)18-12-21-24(20(18)26)16-7-3-2-4-8-16/h2-12,18,25H,13H2,1H3. The normalized spacial score (nSPS) is 16.4. The molecule has 0 fully saturated rings. The molecule has 4 rings (SSSR count). The van der Waals surface area contributed by atoms with Gasteiger partial charge in [0.25, 0.3) is 5.91 Å². The third-order valence-corrected chi connectivity index (χ3v) is 4.30. The van der Waals surface area contributed by atoms with Gasteiger partial charge in [-0.1, -0.05) is 30.3 Å². The molecule has 1 amide bonds. The zero-order chi connectivity index (χ0) is 18.1. The van der Waals surface area contributed by atoms with E-state index in [1.807, 2.05) is 49.4 Å². The SMILES string of the molecule is Cc1cc(C2C=NN(c3ccccc3)C2=O)n(Cc2cccc(O)c2)n1. The molecule has 1 aliphatic rings. The van der Waals surface area contributed by atoms with E-state index in [1.165, 1.54) is 5.01 Å². The van der Waals surface area contributed by atoms with Crippen LogP contribution < -0.4 is 5.01 Å². The minimum Gasteiger partial charge on any atom is -0.508 e. The average Bonchev–Trinajstić information content (AvgIpc) is 3.18. The molecule has 1 unspecified atom stereocenters. The van der Waals surface area contributed by atoms with Gasteiger partial charge in [-0.15, -0.1) is 0 Å². The Hall–Kier alpha value is -3.41. The molecule has 1 aliphatic heterocycles. The van der Waals surface area contributed by atoms with Crippen LogP contribution in [0.15, 0.2) is 65.8 Å². The number of phenols is 1. The van der Waals surface area contributed by atoms with Gasteiger partial charge in [0.1, 0.15) is 11.7 Å². The van der Waals surface area contributed by atoms with Gasteiger partial charge in [0.05, 0.1) is 23.6 Å². The number of hydrogen-bond acceptors (Lipinski definition) is 4. The molecule has 2 heterocycles. The van der Waals surface area contributed by atoms with Gasteiger partial charge in [-0.05, 0) is 42.8 Å². The molecule has 0 bridgehead atoms. The van der Waals surface area contributed by atoms with E-state index in [0.29, 0.717) is 6.54 Å². The Bertz CT molecular complexity index is 978. The van der Waals surface area contributed by atoms with Gasteiger partial charge < -0.3 is 5.11 Å². The van der Waals surface area contributed by atoms with Crippen LogP contribution in [0.4, 0.5) is 5.69 Å². The summed E-state index contributed by atoms with van der Waals surface area (Å²) in [5.41, 5.74) is 3.28. The first-order valence-corrected chi connectivity index (χ1v) is 8.37. The van der Waals surface area contributed by atoms with Crippen LogP contribution in [0.5, 0.6) is 5.75 Å². The fraction of sp³-hybridized carbons (Fsp3) is 0.150. The Kier molecular flexibility index (Phi) is 4.01. The molecule has 130 valence electrons. The van der Waals surface area contributed by atoms with Crippen LogP contribution in [0.1, 0.15) is 22.9 Å². The molecule has 0 spiro atoms. The van der Waals surface area contributed by atoms with Crippen molar-refractivity contribution < 1.29 is 9.90 Å². The van der Waals surface area contributed by atoms with E-state index in [0.717, 1.165) is 22.6 Å². The minimum absolute atomic E-state index is 0.103. The fourth-order valence-corrected chi connectivity index (χ4v) is 3.12. The van der Waals surface area contributed by atoms with E-state index in [9.17, 15) is 9.90 Å². The largest absolute Gasteiger partial charge is 0.508 e. The van der Waals surface area contributed by atoms with E-state index in [-0.39, 0.29) is 11.7 Å². The summed E-state index contributed by atoms with van der Waals surface area (Å²) in [7, 11) is 0. The number of aromatic nitrogens is 2. The van der Waals surface area contributed by atoms with Crippen molar-refractivity contribution in [2.24, 2.45) is 5.10 Å². The molecule has 3 aromatic rings. The predicted molar refractivity (Wildman–Crippen MR) is 99.3 cm³/mol. The summed E-state index contributed by atoms with van der Waals surface area (Å²) in [4.78, 5) is 12.9. The fourth-order valence-electron chi connectivity index (χ4n) is 3.12. The lowest BCUT2D eigenvalue weighted by molar-refractivity contribution is -0.118. The molecule has 2 aromatic carbocycles. The average molecular weight is 346 g/mol. The maximum absolute atomic E-state index is 12.9. The van der Waals surface area contributed by atoms with E-state index in [4.69, 9.17) is 0 Å². The minimum atomic E-state index is -0.478. The lowest BCUT2D eigenvalue weighted by Crippen LogP contribution is -2.26. The van der Waals surface area contributed by atoms with Crippen LogP contribution in [-0.2, 0) is 11.3 Å². The second kappa shape index (κ2) is 6.48. The maximum atomic E-state index is 12.9. The van der Waals surface area contributed by atoms with Crippen LogP contribution in [0.2, 0.25) is 0 Å². The molecule has 0 aliphatic carbocycles. The van der Waals surface area contributed by atoms with E-state index in [2.05, 4.69) is 10.2 Å². The molecule has 26 heavy (non-hydrogen) atoms. The van der Waals surface area contributed by atoms with Crippen molar-refractivity contribution >= 4 is 17.8 Å². The number of phenolic OH excluding ortho intramolecular Hbond substituents is 1. The molecule has 6 heteroatoms. The number of anilines is 1. The number of carbonyl (C=O) groups excluding carboxylic acids is 1. The number of benzene rings is 2. The van der Waals surface area contributed by atoms with Crippen molar-refractivity contribution in [1.82, 2.24) is 9.78 Å². The number of carbonyl (C=O) groups is 1. The van der Waals surface area contributed by atoms with Gasteiger partial charge in [-0.25, -0.2) is 5.01 Å². The molecule has 0 saturated carbocycles. The van der Waals surface area contributed by atoms with Crippen molar-refractivity contribution in [2.45, 2.75) is 19.4 Å². The topological polar surface area (TPSA) is 70.7 Å². The van der Waals surface area contributed by atoms with Crippen LogP contribution in [0.25, 0.3) is 0 Å². The number of hydrazone groups is 1. The summed E-state index contributed by atoms with van der Waals surface area (Å²) in [5.74, 6) is -0.372. The quantitative estimate of drug-likeness (QED) is 0.789. The summed E-state index contributed by atoms with van der Waals surface area (Å²) in [6.07, 6.45) is 1.66. The molecular formula is C20H18N4O2. The summed E-state index contributed by atoms with van der Waals surface area (Å²) >= 11 is 0. The molecule has 0 radical (unpaired) electrons. The Labute approximate surface area is 151 Å². The van der Waals surface area contributed by atoms with E-state index >= 15 is 0 Å². The van der Waals surface area contributed by atoms with E-state index in [1.54, 1.807) is 29.1 Å². The molecule has 1 N–H and O–H groups in total. The maximum Gasteiger partial charge on any atom is 0.262 e. The summed E-state index contributed by atoms with van der Waals surface area (Å²) in [6.45, 7) is 2.37. The Morgan fingerprint density at radius 1 is 1.08 bits per heavy atom. The molecule has 6 nitrogen and oxygen atoms in total. The van der Waals surface area contributed by atoms with E-state index < -0.39 is 5.92 Å². The molecule has 1 aromatic heterocycles. The summed E-state index contributed by atoms with van der Waals surface area (Å²) in [6, 6.07) is 18.3. The van der Waals surface area contributed by atoms with Crippen LogP contribution in [0, 0.1) is 6.92 Å². The van der Waals surface area contributed by atoms with Crippen molar-refractivity contribution in [1.29, 1.82) is 0 Å². The number of aromatic hydroxyl groups is 1. The van der Waals surface area contributed by atoms with Crippen molar-refractivity contribution in [3.05, 3.63) is 77.6 Å². The number of hydrogen-bond donors (Lipinski definition) is 1. The third-order valence-electron chi connectivity index (χ3n) is 4.30. The second-order valence-electron chi connectivity index (χ2n) is 6.27. The second-order valence-corrected chi connectivity index (χ2v) is 6.27. The summed E-state index contributed by atoms with van der Waals surface area (Å²) < 4.78 is 1.80. The van der Waals surface area contributed by atoms with Gasteiger partial charge >= 0.3 is 0 Å². The van der Waals surface area contributed by atoms with Crippen LogP contribution in [0.3, 0.4) is 0 Å². The van der Waals surface area contributed by atoms with Crippen molar-refractivity contribution in [2.75, 3.05) is 5.01 Å². The van der Waals surface area contributed by atoms with Gasteiger partial charge in [0, 0.05) is 6.21 Å². The lowest BCUT2D eigenvalue weighted by atomic mass is 10.1. The van der Waals surface area contributed by atoms with Crippen molar-refractivity contribution in [3.8, 4) is 5.75 Å². The first-order chi connectivity index (χ1) is 12.6. The van der Waals surface area contributed by atoms with Gasteiger partial charge in [0.15, 0.2) is 0 Å². The highest BCUT2D eigenvalue weighted by molar-refractivity contribution is 6.11. The number of amides is 1. The number of aryl methyl sites for hydroxylation is 1. The third kappa shape index (κ3) is 2.97. The zero-order valence-electron chi connectivity index (χ0n) is 14.3. The molecule has 1 atom stereocenters. The first-order valence-electron chi connectivity index (χ1n) is 8.37. The van der Waals surface area contributed by atoms with Gasteiger partial charge in [-0.2, -0.15) is 10.2 Å². The van der Waals surface area contributed by atoms with Gasteiger partial charge in [0.2, 0.25) is 0 Å². The van der Waals surface area contributed by atoms with Gasteiger partial charge in [-0.3, -0.25) is 9.48 Å². The number of para-hydroxylation sites is 1. The highest BCUT2D eigenvalue weighted by atomic mass is 16.3. The Morgan fingerprint density at radius 3 is 2.65 bits per heavy atom. The van der Waals surface area contributed by atoms with Crippen molar-refractivity contribution in [3.63, 3.8) is 0 Å². The summed E-state index contributed by atoms with van der Waals surface area (Å²) in [5, 5.41) is 19.9.